The molecule has 2 fully saturated rings. The first-order valence-corrected chi connectivity index (χ1v) is 8.22. The van der Waals surface area contributed by atoms with Crippen molar-refractivity contribution in [3.8, 4) is 0 Å². The summed E-state index contributed by atoms with van der Waals surface area (Å²) in [7, 11) is 0. The van der Waals surface area contributed by atoms with Crippen molar-refractivity contribution in [1.82, 2.24) is 9.80 Å². The highest BCUT2D eigenvalue weighted by molar-refractivity contribution is 5.77. The van der Waals surface area contributed by atoms with Crippen LogP contribution in [0.25, 0.3) is 0 Å². The number of hydrogen-bond acceptors (Lipinski definition) is 4. The molecule has 0 aromatic carbocycles. The Morgan fingerprint density at radius 2 is 1.68 bits per heavy atom. The van der Waals surface area contributed by atoms with Crippen LogP contribution in [-0.2, 0) is 14.3 Å². The maximum Gasteiger partial charge on any atom is 0.410 e. The van der Waals surface area contributed by atoms with Crippen molar-refractivity contribution in [3.05, 3.63) is 0 Å². The Kier molecular flexibility index (Phi) is 5.67. The van der Waals surface area contributed by atoms with Crippen molar-refractivity contribution >= 4 is 12.0 Å². The van der Waals surface area contributed by atoms with E-state index in [9.17, 15) is 9.59 Å². The largest absolute Gasteiger partial charge is 0.444 e. The summed E-state index contributed by atoms with van der Waals surface area (Å²) in [6.45, 7) is 8.57. The Bertz CT molecular complexity index is 399. The van der Waals surface area contributed by atoms with E-state index in [0.717, 1.165) is 38.8 Å². The molecule has 2 saturated heterocycles. The van der Waals surface area contributed by atoms with Crippen LogP contribution in [0.4, 0.5) is 4.79 Å². The van der Waals surface area contributed by atoms with E-state index in [0.29, 0.717) is 13.1 Å². The number of carbonyl (C=O) groups excluding carboxylic acids is 2. The molecule has 22 heavy (non-hydrogen) atoms. The number of nitrogens with zero attached hydrogens (tertiary/aromatic N) is 2. The predicted molar refractivity (Wildman–Crippen MR) is 82.6 cm³/mol. The summed E-state index contributed by atoms with van der Waals surface area (Å²) in [5.41, 5.74) is -0.489. The number of amides is 2. The number of piperidine rings is 1. The molecule has 0 saturated carbocycles. The number of hydrogen-bond donors (Lipinski definition) is 0. The third kappa shape index (κ3) is 5.16. The van der Waals surface area contributed by atoms with Crippen LogP contribution in [0, 0.1) is 0 Å². The van der Waals surface area contributed by atoms with Crippen molar-refractivity contribution in [1.29, 1.82) is 0 Å². The van der Waals surface area contributed by atoms with Gasteiger partial charge in [-0.1, -0.05) is 0 Å². The van der Waals surface area contributed by atoms with Gasteiger partial charge in [-0.15, -0.1) is 0 Å². The minimum atomic E-state index is -0.489. The van der Waals surface area contributed by atoms with E-state index in [1.807, 2.05) is 25.7 Å². The molecule has 0 N–H and O–H groups in total. The highest BCUT2D eigenvalue weighted by Crippen LogP contribution is 2.17. The molecule has 6 heteroatoms. The fourth-order valence-corrected chi connectivity index (χ4v) is 2.81. The van der Waals surface area contributed by atoms with Crippen LogP contribution >= 0.6 is 0 Å². The van der Waals surface area contributed by atoms with Crippen LogP contribution in [0.2, 0.25) is 0 Å². The van der Waals surface area contributed by atoms with Crippen molar-refractivity contribution in [3.63, 3.8) is 0 Å². The number of ether oxygens (including phenoxy) is 2. The molecule has 0 aliphatic carbocycles. The maximum atomic E-state index is 12.1. The van der Waals surface area contributed by atoms with Gasteiger partial charge in [0.25, 0.3) is 0 Å². The van der Waals surface area contributed by atoms with E-state index < -0.39 is 5.60 Å². The SMILES string of the molecule is CC(C)(C)OC(=O)N1CCCC(OCC(=O)N2CCCC2)C1. The monoisotopic (exact) mass is 312 g/mol. The average Bonchev–Trinajstić information content (AvgIpc) is 2.97. The third-order valence-corrected chi connectivity index (χ3v) is 3.93. The lowest BCUT2D eigenvalue weighted by Crippen LogP contribution is -2.46. The van der Waals surface area contributed by atoms with E-state index in [4.69, 9.17) is 9.47 Å². The lowest BCUT2D eigenvalue weighted by Gasteiger charge is -2.34. The minimum absolute atomic E-state index is 0.0619. The summed E-state index contributed by atoms with van der Waals surface area (Å²) < 4.78 is 11.1. The summed E-state index contributed by atoms with van der Waals surface area (Å²) in [5.74, 6) is 0.0619. The highest BCUT2D eigenvalue weighted by Gasteiger charge is 2.29. The molecular weight excluding hydrogens is 284 g/mol. The lowest BCUT2D eigenvalue weighted by molar-refractivity contribution is -0.138. The van der Waals surface area contributed by atoms with Crippen molar-refractivity contribution < 1.29 is 19.1 Å². The fraction of sp³-hybridized carbons (Fsp3) is 0.875. The van der Waals surface area contributed by atoms with E-state index in [1.165, 1.54) is 0 Å². The molecule has 2 amide bonds. The standard InChI is InChI=1S/C16H28N2O4/c1-16(2,3)22-15(20)18-10-6-7-13(11-18)21-12-14(19)17-8-4-5-9-17/h13H,4-12H2,1-3H3. The van der Waals surface area contributed by atoms with Crippen LogP contribution in [-0.4, -0.2) is 66.3 Å². The summed E-state index contributed by atoms with van der Waals surface area (Å²) in [6.07, 6.45) is 3.55. The van der Waals surface area contributed by atoms with Crippen molar-refractivity contribution in [2.75, 3.05) is 32.8 Å². The lowest BCUT2D eigenvalue weighted by atomic mass is 10.1. The zero-order valence-electron chi connectivity index (χ0n) is 14.0. The van der Waals surface area contributed by atoms with E-state index in [-0.39, 0.29) is 24.7 Å². The molecule has 0 aromatic heterocycles. The van der Waals surface area contributed by atoms with Crippen LogP contribution in [0.3, 0.4) is 0 Å². The second-order valence-corrected chi connectivity index (χ2v) is 7.09. The van der Waals surface area contributed by atoms with Crippen molar-refractivity contribution in [2.24, 2.45) is 0 Å². The molecule has 0 radical (unpaired) electrons. The summed E-state index contributed by atoms with van der Waals surface area (Å²) in [5, 5.41) is 0. The van der Waals surface area contributed by atoms with Gasteiger partial charge in [0.1, 0.15) is 12.2 Å². The number of carbonyl (C=O) groups is 2. The second kappa shape index (κ2) is 7.31. The van der Waals surface area contributed by atoms with Crippen molar-refractivity contribution in [2.45, 2.75) is 58.2 Å². The van der Waals surface area contributed by atoms with E-state index in [1.54, 1.807) is 4.90 Å². The Morgan fingerprint density at radius 1 is 1.05 bits per heavy atom. The molecule has 1 atom stereocenters. The minimum Gasteiger partial charge on any atom is -0.444 e. The second-order valence-electron chi connectivity index (χ2n) is 7.09. The van der Waals surface area contributed by atoms with Crippen LogP contribution in [0.1, 0.15) is 46.5 Å². The van der Waals surface area contributed by atoms with Gasteiger partial charge in [-0.05, 0) is 46.5 Å². The zero-order chi connectivity index (χ0) is 16.2. The molecule has 0 bridgehead atoms. The molecule has 2 rings (SSSR count). The highest BCUT2D eigenvalue weighted by atomic mass is 16.6. The van der Waals surface area contributed by atoms with E-state index >= 15 is 0 Å². The fourth-order valence-electron chi connectivity index (χ4n) is 2.81. The molecule has 1 unspecified atom stereocenters. The van der Waals surface area contributed by atoms with Gasteiger partial charge in [0.05, 0.1) is 12.6 Å². The van der Waals surface area contributed by atoms with Gasteiger partial charge in [0.2, 0.25) is 5.91 Å². The Morgan fingerprint density at radius 3 is 2.32 bits per heavy atom. The topological polar surface area (TPSA) is 59.1 Å². The van der Waals surface area contributed by atoms with Gasteiger partial charge in [-0.25, -0.2) is 4.79 Å². The molecule has 0 aromatic rings. The Hall–Kier alpha value is -1.30. The first-order valence-electron chi connectivity index (χ1n) is 8.22. The smallest absolute Gasteiger partial charge is 0.410 e. The number of rotatable bonds is 3. The number of likely N-dealkylation sites (tertiary alicyclic amines) is 2. The normalized spacial score (nSPS) is 22.8. The van der Waals surface area contributed by atoms with Gasteiger partial charge in [0, 0.05) is 19.6 Å². The molecule has 0 spiro atoms. The predicted octanol–water partition coefficient (Wildman–Crippen LogP) is 2.02. The maximum absolute atomic E-state index is 12.1. The zero-order valence-corrected chi connectivity index (χ0v) is 14.0. The van der Waals surface area contributed by atoms with Crippen LogP contribution < -0.4 is 0 Å². The molecule has 126 valence electrons. The van der Waals surface area contributed by atoms with Crippen LogP contribution in [0.5, 0.6) is 0 Å². The summed E-state index contributed by atoms with van der Waals surface area (Å²) >= 11 is 0. The average molecular weight is 312 g/mol. The van der Waals surface area contributed by atoms with Gasteiger partial charge in [-0.3, -0.25) is 4.79 Å². The molecule has 2 aliphatic rings. The first-order chi connectivity index (χ1) is 10.3. The summed E-state index contributed by atoms with van der Waals surface area (Å²) in [4.78, 5) is 27.6. The molecule has 2 heterocycles. The molecule has 6 nitrogen and oxygen atoms in total. The van der Waals surface area contributed by atoms with Crippen LogP contribution in [0.15, 0.2) is 0 Å². The van der Waals surface area contributed by atoms with E-state index in [2.05, 4.69) is 0 Å². The summed E-state index contributed by atoms with van der Waals surface area (Å²) in [6, 6.07) is 0. The molecular formula is C16H28N2O4. The first kappa shape index (κ1) is 17.1. The Balaban J connectivity index is 1.75. The third-order valence-electron chi connectivity index (χ3n) is 3.93. The Labute approximate surface area is 132 Å². The molecule has 2 aliphatic heterocycles. The quantitative estimate of drug-likeness (QED) is 0.800. The van der Waals surface area contributed by atoms with Gasteiger partial charge in [0.15, 0.2) is 0 Å². The van der Waals surface area contributed by atoms with Gasteiger partial charge in [-0.2, -0.15) is 0 Å². The van der Waals surface area contributed by atoms with Gasteiger partial charge >= 0.3 is 6.09 Å². The van der Waals surface area contributed by atoms with Gasteiger partial charge < -0.3 is 19.3 Å².